The average molecular weight is 1410 g/mol. The summed E-state index contributed by atoms with van der Waals surface area (Å²) in [5, 5.41) is 46.6. The van der Waals surface area contributed by atoms with Crippen molar-refractivity contribution in [2.75, 3.05) is 27.9 Å². The van der Waals surface area contributed by atoms with Crippen LogP contribution in [0.1, 0.15) is 126 Å². The molecule has 0 spiro atoms. The number of nitro benzene ring substituents is 3. The smallest absolute Gasteiger partial charge is 0.460 e. The molecule has 4 aliphatic rings. The number of non-ortho nitro benzene ring substituents is 3. The van der Waals surface area contributed by atoms with Crippen LogP contribution in [0.2, 0.25) is 0 Å². The maximum atomic E-state index is 15.3. The van der Waals surface area contributed by atoms with Gasteiger partial charge in [0.25, 0.3) is 28.8 Å². The zero-order valence-electron chi connectivity index (χ0n) is 58.3. The van der Waals surface area contributed by atoms with Gasteiger partial charge in [0.15, 0.2) is 18.0 Å². The average Bonchev–Trinajstić information content (AvgIpc) is 0.775. The highest BCUT2D eigenvalue weighted by Crippen LogP contribution is 2.40. The van der Waals surface area contributed by atoms with Gasteiger partial charge < -0.3 is 62.1 Å². The first-order valence-corrected chi connectivity index (χ1v) is 33.7. The van der Waals surface area contributed by atoms with E-state index in [1.807, 2.05) is 32.1 Å². The summed E-state index contributed by atoms with van der Waals surface area (Å²) in [5.74, 6) is -10.5. The van der Waals surface area contributed by atoms with Crippen LogP contribution < -0.4 is 14.2 Å². The first kappa shape index (κ1) is 79.0. The summed E-state index contributed by atoms with van der Waals surface area (Å²) >= 11 is 0. The molecule has 1 amide bonds. The lowest BCUT2D eigenvalue weighted by Crippen LogP contribution is -2.61. The van der Waals surface area contributed by atoms with Crippen LogP contribution in [0.15, 0.2) is 120 Å². The molecule has 3 aromatic rings. The number of fused-ring (bicyclic) bond motifs is 3. The van der Waals surface area contributed by atoms with E-state index in [1.165, 1.54) is 82.9 Å². The molecule has 3 fully saturated rings. The number of Topliss-reactive ketones (excluding diaryl/α,β-unsaturated/α-hetero) is 2. The number of ether oxygens (including phenoxy) is 11. The highest BCUT2D eigenvalue weighted by molar-refractivity contribution is 6.39. The number of ketones is 2. The molecule has 1 unspecified atom stereocenters. The lowest BCUT2D eigenvalue weighted by molar-refractivity contribution is -0.385. The number of carbonyl (C=O) groups excluding carboxylic acids is 7. The number of allylic oxidation sites excluding steroid dienone is 5. The lowest BCUT2D eigenvalue weighted by atomic mass is 9.78. The van der Waals surface area contributed by atoms with Crippen molar-refractivity contribution in [3.05, 3.63) is 151 Å². The second-order valence-electron chi connectivity index (χ2n) is 26.4. The second kappa shape index (κ2) is 36.9. The van der Waals surface area contributed by atoms with Crippen molar-refractivity contribution < 1.29 is 106 Å². The zero-order chi connectivity index (χ0) is 73.8. The molecule has 101 heavy (non-hydrogen) atoms. The van der Waals surface area contributed by atoms with Crippen molar-refractivity contribution >= 4 is 59.0 Å². The Bertz CT molecular complexity index is 3540. The van der Waals surface area contributed by atoms with Crippen LogP contribution in [0, 0.1) is 65.9 Å². The SMILES string of the molecule is COC1C[C@@H]2CC[C@@H](C)[C@@](O)(O2)C(=O)C(=O)N2CCCC[C@H]2C(=O)O[C@H]([C@H](C)C[C@@H]2CC[C@@H](OC(=O)Oc3ccc([N+](=O)[O-])cc3)[C@H](OC)C2)C[C@@H](OC(=O)Oc2ccc([N+](=O)[O-])cc2)[C@H](C)/C=C(\C)[C@@H](OC(=O)Oc2ccc([N+](=O)[O-])cc2)[C@@H](OC)C(=O)[C@H](C)C[C@H](C)/C=C/C=C/C=C/1C. The predicted molar refractivity (Wildman–Crippen MR) is 360 cm³/mol. The van der Waals surface area contributed by atoms with Crippen molar-refractivity contribution in [2.45, 2.75) is 186 Å². The van der Waals surface area contributed by atoms with Gasteiger partial charge in [0.2, 0.25) is 5.79 Å². The van der Waals surface area contributed by atoms with Gasteiger partial charge >= 0.3 is 24.4 Å². The molecule has 3 aromatic carbocycles. The minimum absolute atomic E-state index is 0.00287. The van der Waals surface area contributed by atoms with Crippen LogP contribution >= 0.6 is 0 Å². The Morgan fingerprint density at radius 1 is 0.624 bits per heavy atom. The molecule has 2 bridgehead atoms. The van der Waals surface area contributed by atoms with Crippen molar-refractivity contribution in [1.82, 2.24) is 4.90 Å². The molecule has 1 aliphatic carbocycles. The Morgan fingerprint density at radius 3 is 1.71 bits per heavy atom. The van der Waals surface area contributed by atoms with Crippen LogP contribution in [0.5, 0.6) is 17.2 Å². The molecule has 1 saturated carbocycles. The zero-order valence-corrected chi connectivity index (χ0v) is 58.3. The van der Waals surface area contributed by atoms with E-state index in [9.17, 15) is 64.2 Å². The number of piperidine rings is 1. The number of amides is 1. The molecule has 3 heterocycles. The first-order valence-electron chi connectivity index (χ1n) is 33.7. The van der Waals surface area contributed by atoms with E-state index in [-0.39, 0.29) is 103 Å². The minimum atomic E-state index is -2.60. The number of hydrogen-bond donors (Lipinski definition) is 1. The number of aliphatic hydroxyl groups is 1. The van der Waals surface area contributed by atoms with Crippen molar-refractivity contribution in [2.24, 2.45) is 35.5 Å². The van der Waals surface area contributed by atoms with Gasteiger partial charge in [-0.25, -0.2) is 19.2 Å². The highest BCUT2D eigenvalue weighted by Gasteiger charge is 2.53. The summed E-state index contributed by atoms with van der Waals surface area (Å²) in [6.07, 6.45) is 1.23. The van der Waals surface area contributed by atoms with Crippen molar-refractivity contribution in [3.63, 3.8) is 0 Å². The molecular weight excluding hydrogens is 1320 g/mol. The third-order valence-corrected chi connectivity index (χ3v) is 19.0. The number of cyclic esters (lactones) is 1. The summed E-state index contributed by atoms with van der Waals surface area (Å²) in [6, 6.07) is 12.6. The molecule has 548 valence electrons. The Kier molecular flexibility index (Phi) is 28.9. The number of hydrogen-bond acceptors (Lipinski definition) is 25. The van der Waals surface area contributed by atoms with Crippen LogP contribution in [0.3, 0.4) is 0 Å². The number of nitrogens with zero attached hydrogens (tertiary/aromatic N) is 4. The Morgan fingerprint density at radius 2 is 1.18 bits per heavy atom. The van der Waals surface area contributed by atoms with Gasteiger partial charge in [0.1, 0.15) is 41.6 Å². The van der Waals surface area contributed by atoms with Gasteiger partial charge in [-0.2, -0.15) is 0 Å². The number of methoxy groups -OCH3 is 3. The van der Waals surface area contributed by atoms with Crippen LogP contribution in [0.4, 0.5) is 31.4 Å². The minimum Gasteiger partial charge on any atom is -0.460 e. The number of rotatable bonds is 15. The standard InChI is InChI=1S/C72H90N4O25/c1-42-16-12-11-13-17-43(2)59(91-8)40-56-27-19-48(7)72(84,101-56)66(78)67(79)73-35-15-14-18-57(73)68(80)97-60(45(4)38-49-20-34-58(62(39-49)92-9)98-69(81)94-53-28-21-50(22-29-53)74(85)86)41-61(99-70(82)95-54-30-23-51(24-31-54)75(87)88)44(3)37-47(6)64(65(93-10)63(77)46(5)36-42)100-71(83)96-55-32-25-52(26-33-55)76(89)90/h11-13,16-17,21-26,28-33,37,42,44-46,48-49,56-62,64-65,84H,14-15,18-20,27,34-36,38-41H2,1-10H3/b13-11+,16-12+,43-17+,47-37+/t42-,44-,45-,46-,48-,49+,56+,57+,58-,59?,60+,61-,62-,64-,65+,72-/m1/s1. The number of benzene rings is 3. The van der Waals surface area contributed by atoms with E-state index in [0.717, 1.165) is 34.7 Å². The van der Waals surface area contributed by atoms with Crippen molar-refractivity contribution in [3.8, 4) is 17.2 Å². The predicted octanol–water partition coefficient (Wildman–Crippen LogP) is 12.4. The molecule has 2 saturated heterocycles. The van der Waals surface area contributed by atoms with E-state index in [2.05, 4.69) is 0 Å². The van der Waals surface area contributed by atoms with E-state index in [1.54, 1.807) is 39.8 Å². The normalized spacial score (nSPS) is 30.4. The maximum Gasteiger partial charge on any atom is 0.514 e. The van der Waals surface area contributed by atoms with E-state index < -0.39 is 141 Å². The fraction of sp³-hybridized carbons (Fsp3) is 0.542. The summed E-state index contributed by atoms with van der Waals surface area (Å²) in [5.41, 5.74) is 0.104. The largest absolute Gasteiger partial charge is 0.514 e. The quantitative estimate of drug-likeness (QED) is 0.0281. The summed E-state index contributed by atoms with van der Waals surface area (Å²) in [6.45, 7) is 11.9. The monoisotopic (exact) mass is 1410 g/mol. The Hall–Kier alpha value is -9.29. The molecule has 29 nitrogen and oxygen atoms in total. The topological polar surface area (TPSA) is 374 Å². The van der Waals surface area contributed by atoms with Crippen LogP contribution in [-0.2, 0) is 57.1 Å². The highest BCUT2D eigenvalue weighted by atomic mass is 16.7. The van der Waals surface area contributed by atoms with Gasteiger partial charge in [-0.05, 0) is 143 Å². The van der Waals surface area contributed by atoms with Gasteiger partial charge in [0, 0.05) is 94.9 Å². The second-order valence-corrected chi connectivity index (χ2v) is 26.4. The molecule has 16 atom stereocenters. The van der Waals surface area contributed by atoms with Gasteiger partial charge in [-0.15, -0.1) is 0 Å². The molecule has 29 heteroatoms. The summed E-state index contributed by atoms with van der Waals surface area (Å²) in [4.78, 5) is 134. The third-order valence-electron chi connectivity index (χ3n) is 19.0. The Balaban J connectivity index is 1.30. The number of esters is 1. The van der Waals surface area contributed by atoms with Gasteiger partial charge in [-0.1, -0.05) is 71.1 Å². The molecular formula is C72H90N4O25. The van der Waals surface area contributed by atoms with Gasteiger partial charge in [-0.3, -0.25) is 44.7 Å². The van der Waals surface area contributed by atoms with Crippen LogP contribution in [-0.4, -0.2) is 155 Å². The van der Waals surface area contributed by atoms with Crippen LogP contribution in [0.25, 0.3) is 0 Å². The summed E-state index contributed by atoms with van der Waals surface area (Å²) in [7, 11) is 4.20. The molecule has 3 aliphatic heterocycles. The molecule has 1 N–H and O–H groups in total. The number of carbonyl (C=O) groups is 7. The van der Waals surface area contributed by atoms with Crippen molar-refractivity contribution in [1.29, 1.82) is 0 Å². The fourth-order valence-corrected chi connectivity index (χ4v) is 13.3. The first-order chi connectivity index (χ1) is 48.0. The molecule has 7 rings (SSSR count). The summed E-state index contributed by atoms with van der Waals surface area (Å²) < 4.78 is 64.8. The van der Waals surface area contributed by atoms with Gasteiger partial charge in [0.05, 0.1) is 33.1 Å². The molecule has 0 radical (unpaired) electrons. The molecule has 0 aromatic heterocycles. The lowest BCUT2D eigenvalue weighted by Gasteiger charge is -2.43. The van der Waals surface area contributed by atoms with E-state index >= 15 is 4.79 Å². The third kappa shape index (κ3) is 21.9. The fourth-order valence-electron chi connectivity index (χ4n) is 13.3. The Labute approximate surface area is 584 Å². The maximum absolute atomic E-state index is 15.3. The van der Waals surface area contributed by atoms with E-state index in [0.29, 0.717) is 32.1 Å². The van der Waals surface area contributed by atoms with E-state index in [4.69, 9.17) is 52.1 Å². The number of nitro groups is 3.